The summed E-state index contributed by atoms with van der Waals surface area (Å²) in [5.74, 6) is 0. The number of nitrogens with zero attached hydrogens (tertiary/aromatic N) is 2. The van der Waals surface area contributed by atoms with Crippen molar-refractivity contribution in [1.82, 2.24) is 9.97 Å². The Labute approximate surface area is 92.0 Å². The zero-order chi connectivity index (χ0) is 9.42. The first-order chi connectivity index (χ1) is 6.20. The number of pyridine rings is 2. The first-order valence-electron chi connectivity index (χ1n) is 3.56. The highest BCUT2D eigenvalue weighted by atomic mass is 32.1. The van der Waals surface area contributed by atoms with E-state index < -0.39 is 0 Å². The van der Waals surface area contributed by atoms with Gasteiger partial charge in [-0.05, 0) is 12.1 Å². The van der Waals surface area contributed by atoms with E-state index in [2.05, 4.69) is 47.9 Å². The van der Waals surface area contributed by atoms with Crippen molar-refractivity contribution in [3.63, 3.8) is 0 Å². The Bertz CT molecular complexity index is 470. The number of thiol groups is 3. The van der Waals surface area contributed by atoms with Gasteiger partial charge >= 0.3 is 0 Å². The Morgan fingerprint density at radius 3 is 2.62 bits per heavy atom. The van der Waals surface area contributed by atoms with E-state index in [4.69, 9.17) is 0 Å². The highest BCUT2D eigenvalue weighted by Crippen LogP contribution is 2.29. The molecule has 0 fully saturated rings. The molecule has 2 rings (SSSR count). The van der Waals surface area contributed by atoms with Crippen molar-refractivity contribution in [2.75, 3.05) is 0 Å². The number of aromatic nitrogens is 2. The number of fused-ring (bicyclic) bond motifs is 1. The molecule has 2 aromatic heterocycles. The van der Waals surface area contributed by atoms with Gasteiger partial charge in [-0.25, -0.2) is 9.97 Å². The standard InChI is InChI=1S/C8H6N2S3/c11-5-4-2-1-3-9-7(4)10-8(13)6(5)12/h1-3,12H,(H2,9,10,11,13). The first kappa shape index (κ1) is 9.18. The van der Waals surface area contributed by atoms with E-state index in [-0.39, 0.29) is 0 Å². The number of hydrogen-bond donors (Lipinski definition) is 3. The third kappa shape index (κ3) is 1.51. The van der Waals surface area contributed by atoms with Crippen LogP contribution in [0.5, 0.6) is 0 Å². The van der Waals surface area contributed by atoms with Crippen molar-refractivity contribution in [1.29, 1.82) is 0 Å². The fourth-order valence-corrected chi connectivity index (χ4v) is 1.80. The van der Waals surface area contributed by atoms with Crippen molar-refractivity contribution in [3.05, 3.63) is 18.3 Å². The molecule has 13 heavy (non-hydrogen) atoms. The minimum absolute atomic E-state index is 0.555. The van der Waals surface area contributed by atoms with Gasteiger partial charge in [-0.3, -0.25) is 0 Å². The lowest BCUT2D eigenvalue weighted by Crippen LogP contribution is -1.88. The minimum Gasteiger partial charge on any atom is -0.237 e. The van der Waals surface area contributed by atoms with Crippen LogP contribution in [-0.4, -0.2) is 9.97 Å². The van der Waals surface area contributed by atoms with Crippen molar-refractivity contribution in [3.8, 4) is 0 Å². The van der Waals surface area contributed by atoms with Crippen molar-refractivity contribution in [2.45, 2.75) is 14.8 Å². The molecule has 5 heteroatoms. The largest absolute Gasteiger partial charge is 0.237 e. The van der Waals surface area contributed by atoms with Crippen LogP contribution in [0.4, 0.5) is 0 Å². The summed E-state index contributed by atoms with van der Waals surface area (Å²) in [6, 6.07) is 3.75. The third-order valence-electron chi connectivity index (χ3n) is 1.69. The molecule has 0 radical (unpaired) electrons. The lowest BCUT2D eigenvalue weighted by atomic mass is 10.3. The molecule has 2 heterocycles. The molecule has 0 aliphatic carbocycles. The van der Waals surface area contributed by atoms with E-state index in [1.807, 2.05) is 12.1 Å². The van der Waals surface area contributed by atoms with Gasteiger partial charge in [-0.15, -0.1) is 37.9 Å². The van der Waals surface area contributed by atoms with Gasteiger partial charge in [0.05, 0.1) is 4.90 Å². The van der Waals surface area contributed by atoms with Crippen LogP contribution in [0, 0.1) is 0 Å². The van der Waals surface area contributed by atoms with Crippen molar-refractivity contribution < 1.29 is 0 Å². The topological polar surface area (TPSA) is 25.8 Å². The smallest absolute Gasteiger partial charge is 0.161 e. The molecule has 0 spiro atoms. The Morgan fingerprint density at radius 2 is 1.85 bits per heavy atom. The highest BCUT2D eigenvalue weighted by Gasteiger charge is 2.06. The van der Waals surface area contributed by atoms with Gasteiger partial charge in [0.15, 0.2) is 5.65 Å². The molecule has 0 unspecified atom stereocenters. The predicted octanol–water partition coefficient (Wildman–Crippen LogP) is 2.50. The minimum atomic E-state index is 0.555. The zero-order valence-corrected chi connectivity index (χ0v) is 9.15. The monoisotopic (exact) mass is 226 g/mol. The normalized spacial score (nSPS) is 10.7. The second-order valence-electron chi connectivity index (χ2n) is 2.51. The lowest BCUT2D eigenvalue weighted by Gasteiger charge is -2.04. The van der Waals surface area contributed by atoms with Crippen LogP contribution in [0.1, 0.15) is 0 Å². The van der Waals surface area contributed by atoms with E-state index >= 15 is 0 Å². The van der Waals surface area contributed by atoms with Gasteiger partial charge in [0, 0.05) is 16.5 Å². The van der Waals surface area contributed by atoms with E-state index in [0.29, 0.717) is 15.6 Å². The summed E-state index contributed by atoms with van der Waals surface area (Å²) < 4.78 is 0. The molecule has 0 aliphatic rings. The Morgan fingerprint density at radius 1 is 1.08 bits per heavy atom. The quantitative estimate of drug-likeness (QED) is 0.602. The Balaban J connectivity index is 2.94. The van der Waals surface area contributed by atoms with E-state index in [0.717, 1.165) is 10.3 Å². The molecule has 0 N–H and O–H groups in total. The average molecular weight is 226 g/mol. The van der Waals surface area contributed by atoms with Gasteiger partial charge in [-0.1, -0.05) is 0 Å². The SMILES string of the molecule is Sc1nc2ncccc2c(S)c1S. The summed E-state index contributed by atoms with van der Waals surface area (Å²) in [5, 5.41) is 1.45. The zero-order valence-electron chi connectivity index (χ0n) is 6.47. The van der Waals surface area contributed by atoms with Gasteiger partial charge in [0.2, 0.25) is 0 Å². The molecule has 0 saturated heterocycles. The van der Waals surface area contributed by atoms with E-state index in [1.54, 1.807) is 6.20 Å². The van der Waals surface area contributed by atoms with Crippen molar-refractivity contribution in [2.24, 2.45) is 0 Å². The lowest BCUT2D eigenvalue weighted by molar-refractivity contribution is 1.01. The number of rotatable bonds is 0. The molecule has 0 amide bonds. The second-order valence-corrected chi connectivity index (χ2v) is 3.83. The summed E-state index contributed by atoms with van der Waals surface area (Å²) in [6.45, 7) is 0. The van der Waals surface area contributed by atoms with Crippen molar-refractivity contribution >= 4 is 48.9 Å². The second kappa shape index (κ2) is 3.40. The molecule has 2 nitrogen and oxygen atoms in total. The molecule has 0 bridgehead atoms. The average Bonchev–Trinajstić information content (AvgIpc) is 2.15. The first-order valence-corrected chi connectivity index (χ1v) is 4.90. The predicted molar refractivity (Wildman–Crippen MR) is 61.3 cm³/mol. The molecular weight excluding hydrogens is 220 g/mol. The maximum Gasteiger partial charge on any atom is 0.161 e. The summed E-state index contributed by atoms with van der Waals surface area (Å²) in [7, 11) is 0. The van der Waals surface area contributed by atoms with Crippen LogP contribution >= 0.6 is 37.9 Å². The molecule has 0 atom stereocenters. The van der Waals surface area contributed by atoms with Crippen LogP contribution < -0.4 is 0 Å². The van der Waals surface area contributed by atoms with Crippen LogP contribution in [0.3, 0.4) is 0 Å². The van der Waals surface area contributed by atoms with Gasteiger partial charge in [0.1, 0.15) is 5.03 Å². The summed E-state index contributed by atoms with van der Waals surface area (Å²) in [5.41, 5.74) is 0.648. The summed E-state index contributed by atoms with van der Waals surface area (Å²) in [4.78, 5) is 9.72. The Hall–Kier alpha value is -0.390. The molecule has 0 aromatic carbocycles. The maximum absolute atomic E-state index is 4.33. The fraction of sp³-hybridized carbons (Fsp3) is 0. The molecule has 2 aromatic rings. The van der Waals surface area contributed by atoms with Crippen LogP contribution in [0.15, 0.2) is 33.1 Å². The van der Waals surface area contributed by atoms with Crippen LogP contribution in [0.25, 0.3) is 11.0 Å². The molecule has 66 valence electrons. The van der Waals surface area contributed by atoms with Crippen LogP contribution in [-0.2, 0) is 0 Å². The molecule has 0 aliphatic heterocycles. The number of hydrogen-bond acceptors (Lipinski definition) is 5. The maximum atomic E-state index is 4.33. The van der Waals surface area contributed by atoms with E-state index in [9.17, 15) is 0 Å². The highest BCUT2D eigenvalue weighted by molar-refractivity contribution is 7.85. The van der Waals surface area contributed by atoms with Gasteiger partial charge in [-0.2, -0.15) is 0 Å². The third-order valence-corrected chi connectivity index (χ3v) is 3.27. The van der Waals surface area contributed by atoms with E-state index in [1.165, 1.54) is 0 Å². The molecular formula is C8H6N2S3. The van der Waals surface area contributed by atoms with Gasteiger partial charge < -0.3 is 0 Å². The molecule has 0 saturated carbocycles. The summed E-state index contributed by atoms with van der Waals surface area (Å²) in [6.07, 6.45) is 1.69. The fourth-order valence-electron chi connectivity index (χ4n) is 1.06. The van der Waals surface area contributed by atoms with Crippen LogP contribution in [0.2, 0.25) is 0 Å². The Kier molecular flexibility index (Phi) is 2.40. The summed E-state index contributed by atoms with van der Waals surface area (Å²) >= 11 is 12.7. The van der Waals surface area contributed by atoms with Gasteiger partial charge in [0.25, 0.3) is 0 Å².